The molecule has 5 nitrogen and oxygen atoms in total. The van der Waals surface area contributed by atoms with E-state index in [4.69, 9.17) is 4.74 Å². The summed E-state index contributed by atoms with van der Waals surface area (Å²) >= 11 is 3.29. The van der Waals surface area contributed by atoms with Gasteiger partial charge < -0.3 is 4.74 Å². The number of amides is 2. The van der Waals surface area contributed by atoms with Crippen LogP contribution in [0.3, 0.4) is 0 Å². The Morgan fingerprint density at radius 3 is 2.52 bits per heavy atom. The summed E-state index contributed by atoms with van der Waals surface area (Å²) in [6, 6.07) is 14.3. The Morgan fingerprint density at radius 2 is 1.83 bits per heavy atom. The fourth-order valence-electron chi connectivity index (χ4n) is 1.88. The van der Waals surface area contributed by atoms with Gasteiger partial charge in [-0.3, -0.25) is 20.4 Å². The Bertz CT molecular complexity index is 718. The summed E-state index contributed by atoms with van der Waals surface area (Å²) in [6.07, 6.45) is -0.740. The lowest BCUT2D eigenvalue weighted by Gasteiger charge is -2.15. The summed E-state index contributed by atoms with van der Waals surface area (Å²) in [5.41, 5.74) is 6.20. The molecule has 0 bridgehead atoms. The van der Waals surface area contributed by atoms with Crippen molar-refractivity contribution in [2.45, 2.75) is 20.0 Å². The van der Waals surface area contributed by atoms with Crippen LogP contribution in [-0.2, 0) is 4.79 Å². The minimum atomic E-state index is -0.740. The predicted molar refractivity (Wildman–Crippen MR) is 91.0 cm³/mol. The molecule has 0 fully saturated rings. The molecule has 1 atom stereocenters. The highest BCUT2D eigenvalue weighted by Gasteiger charge is 2.16. The van der Waals surface area contributed by atoms with Gasteiger partial charge in [0, 0.05) is 4.47 Å². The van der Waals surface area contributed by atoms with Gasteiger partial charge in [0.1, 0.15) is 5.75 Å². The molecule has 0 heterocycles. The molecule has 0 saturated carbocycles. The number of benzene rings is 2. The number of halogens is 1. The van der Waals surface area contributed by atoms with Gasteiger partial charge in [0.05, 0.1) is 5.56 Å². The molecule has 0 saturated heterocycles. The van der Waals surface area contributed by atoms with Gasteiger partial charge in [-0.2, -0.15) is 0 Å². The lowest BCUT2D eigenvalue weighted by atomic mass is 10.2. The smallest absolute Gasteiger partial charge is 0.279 e. The number of aryl methyl sites for hydroxylation is 1. The third-order valence-corrected chi connectivity index (χ3v) is 3.78. The number of carbonyl (C=O) groups is 2. The maximum atomic E-state index is 12.0. The molecule has 2 amide bonds. The standard InChI is InChI=1S/C17H17BrN2O3/c1-11-6-5-7-13(10-11)23-12(2)16(21)19-20-17(22)14-8-3-4-9-15(14)18/h3-10,12H,1-2H3,(H,19,21)(H,20,22). The Balaban J connectivity index is 1.89. The van der Waals surface area contributed by atoms with E-state index in [0.717, 1.165) is 5.56 Å². The monoisotopic (exact) mass is 376 g/mol. The third kappa shape index (κ3) is 4.82. The highest BCUT2D eigenvalue weighted by molar-refractivity contribution is 9.10. The molecule has 0 aliphatic rings. The minimum Gasteiger partial charge on any atom is -0.481 e. The first-order chi connectivity index (χ1) is 11.0. The number of hydrogen-bond donors (Lipinski definition) is 2. The first-order valence-electron chi connectivity index (χ1n) is 7.05. The molecule has 0 aliphatic heterocycles. The average molecular weight is 377 g/mol. The van der Waals surface area contributed by atoms with E-state index in [9.17, 15) is 9.59 Å². The van der Waals surface area contributed by atoms with E-state index in [0.29, 0.717) is 15.8 Å². The first-order valence-corrected chi connectivity index (χ1v) is 7.84. The van der Waals surface area contributed by atoms with Crippen LogP contribution in [0.15, 0.2) is 53.0 Å². The first kappa shape index (κ1) is 17.0. The van der Waals surface area contributed by atoms with Crippen LogP contribution in [-0.4, -0.2) is 17.9 Å². The summed E-state index contributed by atoms with van der Waals surface area (Å²) in [4.78, 5) is 24.0. The summed E-state index contributed by atoms with van der Waals surface area (Å²) < 4.78 is 6.19. The lowest BCUT2D eigenvalue weighted by molar-refractivity contribution is -0.128. The molecule has 2 aromatic rings. The van der Waals surface area contributed by atoms with Crippen molar-refractivity contribution in [3.05, 3.63) is 64.1 Å². The second kappa shape index (κ2) is 7.78. The normalized spacial score (nSPS) is 11.4. The molecule has 120 valence electrons. The van der Waals surface area contributed by atoms with Gasteiger partial charge >= 0.3 is 0 Å². The van der Waals surface area contributed by atoms with Crippen molar-refractivity contribution in [2.75, 3.05) is 0 Å². The fraction of sp³-hybridized carbons (Fsp3) is 0.176. The Hall–Kier alpha value is -2.34. The maximum Gasteiger partial charge on any atom is 0.279 e. The molecule has 2 aromatic carbocycles. The molecule has 23 heavy (non-hydrogen) atoms. The van der Waals surface area contributed by atoms with Crippen LogP contribution in [0.25, 0.3) is 0 Å². The van der Waals surface area contributed by atoms with Crippen LogP contribution in [0.1, 0.15) is 22.8 Å². The zero-order chi connectivity index (χ0) is 16.8. The van der Waals surface area contributed by atoms with Gasteiger partial charge in [-0.1, -0.05) is 24.3 Å². The van der Waals surface area contributed by atoms with E-state index in [2.05, 4.69) is 26.8 Å². The van der Waals surface area contributed by atoms with Crippen LogP contribution in [0, 0.1) is 6.92 Å². The van der Waals surface area contributed by atoms with E-state index >= 15 is 0 Å². The summed E-state index contributed by atoms with van der Waals surface area (Å²) in [6.45, 7) is 3.55. The lowest BCUT2D eigenvalue weighted by Crippen LogP contribution is -2.47. The van der Waals surface area contributed by atoms with E-state index in [1.807, 2.05) is 25.1 Å². The second-order valence-electron chi connectivity index (χ2n) is 5.00. The highest BCUT2D eigenvalue weighted by Crippen LogP contribution is 2.15. The molecule has 0 aliphatic carbocycles. The van der Waals surface area contributed by atoms with Crippen molar-refractivity contribution in [1.82, 2.24) is 10.9 Å². The van der Waals surface area contributed by atoms with Gasteiger partial charge in [0.2, 0.25) is 0 Å². The summed E-state index contributed by atoms with van der Waals surface area (Å²) in [7, 11) is 0. The Labute approximate surface area is 143 Å². The number of hydrogen-bond acceptors (Lipinski definition) is 3. The second-order valence-corrected chi connectivity index (χ2v) is 5.85. The topological polar surface area (TPSA) is 67.4 Å². The van der Waals surface area contributed by atoms with Crippen molar-refractivity contribution in [2.24, 2.45) is 0 Å². The van der Waals surface area contributed by atoms with Crippen molar-refractivity contribution < 1.29 is 14.3 Å². The SMILES string of the molecule is Cc1cccc(OC(C)C(=O)NNC(=O)c2ccccc2Br)c1. The summed E-state index contributed by atoms with van der Waals surface area (Å²) in [5, 5.41) is 0. The van der Waals surface area contributed by atoms with Crippen LogP contribution in [0.4, 0.5) is 0 Å². The van der Waals surface area contributed by atoms with Crippen molar-refractivity contribution in [3.63, 3.8) is 0 Å². The van der Waals surface area contributed by atoms with Crippen LogP contribution in [0.5, 0.6) is 5.75 Å². The number of ether oxygens (including phenoxy) is 1. The molecule has 2 rings (SSSR count). The van der Waals surface area contributed by atoms with Crippen molar-refractivity contribution in [1.29, 1.82) is 0 Å². The molecule has 1 unspecified atom stereocenters. The average Bonchev–Trinajstić information content (AvgIpc) is 2.52. The maximum absolute atomic E-state index is 12.0. The molecule has 0 aromatic heterocycles. The molecular formula is C17H17BrN2O3. The van der Waals surface area contributed by atoms with Crippen LogP contribution >= 0.6 is 15.9 Å². The third-order valence-electron chi connectivity index (χ3n) is 3.09. The molecule has 2 N–H and O–H groups in total. The predicted octanol–water partition coefficient (Wildman–Crippen LogP) is 2.99. The Morgan fingerprint density at radius 1 is 1.09 bits per heavy atom. The fourth-order valence-corrected chi connectivity index (χ4v) is 2.34. The number of nitrogens with one attached hydrogen (secondary N) is 2. The van der Waals surface area contributed by atoms with Gasteiger partial charge in [0.15, 0.2) is 6.10 Å². The van der Waals surface area contributed by atoms with E-state index in [1.54, 1.807) is 37.3 Å². The van der Waals surface area contributed by atoms with Crippen LogP contribution < -0.4 is 15.6 Å². The quantitative estimate of drug-likeness (QED) is 0.806. The van der Waals surface area contributed by atoms with E-state index < -0.39 is 17.9 Å². The molecule has 6 heteroatoms. The van der Waals surface area contributed by atoms with Gasteiger partial charge in [-0.25, -0.2) is 0 Å². The van der Waals surface area contributed by atoms with Crippen LogP contribution in [0.2, 0.25) is 0 Å². The van der Waals surface area contributed by atoms with Crippen molar-refractivity contribution in [3.8, 4) is 5.75 Å². The van der Waals surface area contributed by atoms with Gasteiger partial charge in [-0.05, 0) is 59.6 Å². The number of hydrazine groups is 1. The molecular weight excluding hydrogens is 360 g/mol. The van der Waals surface area contributed by atoms with E-state index in [1.165, 1.54) is 0 Å². The zero-order valence-corrected chi connectivity index (χ0v) is 14.4. The van der Waals surface area contributed by atoms with Gasteiger partial charge in [-0.15, -0.1) is 0 Å². The number of carbonyl (C=O) groups excluding carboxylic acids is 2. The van der Waals surface area contributed by atoms with E-state index in [-0.39, 0.29) is 0 Å². The minimum absolute atomic E-state index is 0.409. The van der Waals surface area contributed by atoms with Crippen molar-refractivity contribution >= 4 is 27.7 Å². The van der Waals surface area contributed by atoms with Gasteiger partial charge in [0.25, 0.3) is 11.8 Å². The largest absolute Gasteiger partial charge is 0.481 e. The molecule has 0 spiro atoms. The highest BCUT2D eigenvalue weighted by atomic mass is 79.9. The Kier molecular flexibility index (Phi) is 5.76. The number of rotatable bonds is 4. The zero-order valence-electron chi connectivity index (χ0n) is 12.8. The molecule has 0 radical (unpaired) electrons. The summed E-state index contributed by atoms with van der Waals surface area (Å²) in [5.74, 6) is -0.245.